The summed E-state index contributed by atoms with van der Waals surface area (Å²) >= 11 is 0. The maximum atomic E-state index is 13.5. The number of nitrogens with two attached hydrogens (primary N) is 1. The molecule has 0 saturated heterocycles. The molecule has 9 nitrogen and oxygen atoms in total. The zero-order valence-corrected chi connectivity index (χ0v) is 22.6. The SMILES string of the molecule is CCOC(=O)CN(c1ccc2c(c1)CCCN2C(=O)CCc1ccc(C(=N)N)cc1)S(=O)(=O)c1ccccc1. The van der Waals surface area contributed by atoms with Gasteiger partial charge in [-0.05, 0) is 67.6 Å². The number of rotatable bonds is 10. The van der Waals surface area contributed by atoms with Gasteiger partial charge < -0.3 is 15.4 Å². The molecule has 1 heterocycles. The highest BCUT2D eigenvalue weighted by Gasteiger charge is 2.30. The summed E-state index contributed by atoms with van der Waals surface area (Å²) in [6.07, 6.45) is 2.26. The molecular formula is C29H32N4O5S. The van der Waals surface area contributed by atoms with Crippen molar-refractivity contribution < 1.29 is 22.7 Å². The van der Waals surface area contributed by atoms with Gasteiger partial charge in [0, 0.05) is 24.2 Å². The van der Waals surface area contributed by atoms with E-state index in [0.29, 0.717) is 37.1 Å². The monoisotopic (exact) mass is 548 g/mol. The third-order valence-electron chi connectivity index (χ3n) is 6.57. The van der Waals surface area contributed by atoms with Crippen LogP contribution >= 0.6 is 0 Å². The van der Waals surface area contributed by atoms with E-state index in [0.717, 1.165) is 27.5 Å². The molecule has 39 heavy (non-hydrogen) atoms. The van der Waals surface area contributed by atoms with E-state index in [1.54, 1.807) is 60.4 Å². The maximum Gasteiger partial charge on any atom is 0.326 e. The van der Waals surface area contributed by atoms with Gasteiger partial charge in [-0.25, -0.2) is 8.42 Å². The fourth-order valence-electron chi connectivity index (χ4n) is 4.59. The number of nitrogens with zero attached hydrogens (tertiary/aromatic N) is 2. The van der Waals surface area contributed by atoms with Crippen molar-refractivity contribution in [1.29, 1.82) is 5.41 Å². The van der Waals surface area contributed by atoms with Crippen molar-refractivity contribution in [2.45, 2.75) is 37.5 Å². The van der Waals surface area contributed by atoms with Gasteiger partial charge in [-0.1, -0.05) is 42.5 Å². The van der Waals surface area contributed by atoms with Crippen molar-refractivity contribution in [1.82, 2.24) is 0 Å². The van der Waals surface area contributed by atoms with Crippen LogP contribution < -0.4 is 14.9 Å². The molecule has 0 atom stereocenters. The average Bonchev–Trinajstić information content (AvgIpc) is 2.94. The molecule has 1 aliphatic heterocycles. The predicted octanol–water partition coefficient (Wildman–Crippen LogP) is 3.64. The number of carbonyl (C=O) groups excluding carboxylic acids is 2. The first-order valence-electron chi connectivity index (χ1n) is 12.8. The fourth-order valence-corrected chi connectivity index (χ4v) is 6.02. The fraction of sp³-hybridized carbons (Fsp3) is 0.276. The van der Waals surface area contributed by atoms with Gasteiger partial charge in [0.2, 0.25) is 5.91 Å². The number of benzene rings is 3. The summed E-state index contributed by atoms with van der Waals surface area (Å²) in [5.41, 5.74) is 9.05. The lowest BCUT2D eigenvalue weighted by Crippen LogP contribution is -2.38. The minimum Gasteiger partial charge on any atom is -0.465 e. The topological polar surface area (TPSA) is 134 Å². The van der Waals surface area contributed by atoms with E-state index in [1.807, 2.05) is 12.1 Å². The summed E-state index contributed by atoms with van der Waals surface area (Å²) in [5.74, 6) is -0.679. The molecule has 0 aromatic heterocycles. The molecule has 3 aromatic carbocycles. The molecule has 0 saturated carbocycles. The molecule has 4 rings (SSSR count). The van der Waals surface area contributed by atoms with Crippen LogP contribution in [0.3, 0.4) is 0 Å². The van der Waals surface area contributed by atoms with Crippen LogP contribution in [0.4, 0.5) is 11.4 Å². The van der Waals surface area contributed by atoms with E-state index in [1.165, 1.54) is 12.1 Å². The van der Waals surface area contributed by atoms with Crippen LogP contribution in [0.2, 0.25) is 0 Å². The Labute approximate surface area is 228 Å². The van der Waals surface area contributed by atoms with E-state index in [-0.39, 0.29) is 23.2 Å². The quantitative estimate of drug-likeness (QED) is 0.226. The second kappa shape index (κ2) is 12.1. The van der Waals surface area contributed by atoms with Gasteiger partial charge in [-0.15, -0.1) is 0 Å². The van der Waals surface area contributed by atoms with Crippen molar-refractivity contribution in [2.75, 3.05) is 28.9 Å². The largest absolute Gasteiger partial charge is 0.465 e. The Morgan fingerprint density at radius 1 is 1.05 bits per heavy atom. The van der Waals surface area contributed by atoms with Crippen molar-refractivity contribution in [2.24, 2.45) is 5.73 Å². The first kappa shape index (κ1) is 27.8. The number of hydrogen-bond donors (Lipinski definition) is 2. The summed E-state index contributed by atoms with van der Waals surface area (Å²) in [6, 6.07) is 20.4. The summed E-state index contributed by atoms with van der Waals surface area (Å²) in [4.78, 5) is 27.4. The Morgan fingerprint density at radius 3 is 2.44 bits per heavy atom. The van der Waals surface area contributed by atoms with E-state index >= 15 is 0 Å². The number of anilines is 2. The Balaban J connectivity index is 1.57. The van der Waals surface area contributed by atoms with Crippen LogP contribution in [0.5, 0.6) is 0 Å². The van der Waals surface area contributed by atoms with Gasteiger partial charge in [0.25, 0.3) is 10.0 Å². The molecule has 3 aromatic rings. The first-order valence-corrected chi connectivity index (χ1v) is 14.2. The molecular weight excluding hydrogens is 516 g/mol. The molecule has 10 heteroatoms. The molecule has 0 radical (unpaired) electrons. The molecule has 3 N–H and O–H groups in total. The molecule has 0 aliphatic carbocycles. The number of amides is 1. The van der Waals surface area contributed by atoms with Crippen LogP contribution in [0.25, 0.3) is 0 Å². The number of nitrogen functional groups attached to an aromatic ring is 1. The molecule has 1 amide bonds. The molecule has 0 bridgehead atoms. The lowest BCUT2D eigenvalue weighted by Gasteiger charge is -2.31. The highest BCUT2D eigenvalue weighted by atomic mass is 32.2. The third-order valence-corrected chi connectivity index (χ3v) is 8.36. The Morgan fingerprint density at radius 2 is 1.77 bits per heavy atom. The van der Waals surface area contributed by atoms with Crippen LogP contribution in [-0.2, 0) is 37.2 Å². The number of esters is 1. The first-order chi connectivity index (χ1) is 18.7. The molecule has 0 unspecified atom stereocenters. The van der Waals surface area contributed by atoms with Crippen molar-refractivity contribution in [3.05, 3.63) is 89.5 Å². The van der Waals surface area contributed by atoms with Gasteiger partial charge in [-0.3, -0.25) is 19.3 Å². The van der Waals surface area contributed by atoms with Crippen molar-refractivity contribution >= 4 is 39.1 Å². The summed E-state index contributed by atoms with van der Waals surface area (Å²) in [7, 11) is -4.04. The van der Waals surface area contributed by atoms with Gasteiger partial charge in [-0.2, -0.15) is 0 Å². The normalized spacial score (nSPS) is 12.9. The van der Waals surface area contributed by atoms with E-state index in [2.05, 4.69) is 0 Å². The van der Waals surface area contributed by atoms with Gasteiger partial charge in [0.05, 0.1) is 17.2 Å². The van der Waals surface area contributed by atoms with Crippen LogP contribution in [0, 0.1) is 5.41 Å². The van der Waals surface area contributed by atoms with Crippen molar-refractivity contribution in [3.8, 4) is 0 Å². The summed E-state index contributed by atoms with van der Waals surface area (Å²) in [5, 5.41) is 7.51. The second-order valence-electron chi connectivity index (χ2n) is 9.20. The number of ether oxygens (including phenoxy) is 1. The highest BCUT2D eigenvalue weighted by Crippen LogP contribution is 2.33. The molecule has 0 fully saturated rings. The molecule has 1 aliphatic rings. The number of hydrogen-bond acceptors (Lipinski definition) is 6. The van der Waals surface area contributed by atoms with Crippen LogP contribution in [0.15, 0.2) is 77.7 Å². The second-order valence-corrected chi connectivity index (χ2v) is 11.1. The van der Waals surface area contributed by atoms with Crippen molar-refractivity contribution in [3.63, 3.8) is 0 Å². The number of nitrogens with one attached hydrogen (secondary N) is 1. The number of sulfonamides is 1. The zero-order chi connectivity index (χ0) is 28.0. The van der Waals surface area contributed by atoms with E-state index < -0.39 is 22.5 Å². The number of fused-ring (bicyclic) bond motifs is 1. The number of carbonyl (C=O) groups is 2. The van der Waals surface area contributed by atoms with Crippen LogP contribution in [0.1, 0.15) is 36.5 Å². The van der Waals surface area contributed by atoms with E-state index in [9.17, 15) is 18.0 Å². The maximum absolute atomic E-state index is 13.5. The zero-order valence-electron chi connectivity index (χ0n) is 21.8. The van der Waals surface area contributed by atoms with Crippen LogP contribution in [-0.4, -0.2) is 45.8 Å². The lowest BCUT2D eigenvalue weighted by atomic mass is 9.99. The minimum atomic E-state index is -4.04. The van der Waals surface area contributed by atoms with Gasteiger partial charge in [0.1, 0.15) is 12.4 Å². The van der Waals surface area contributed by atoms with E-state index in [4.69, 9.17) is 15.9 Å². The Kier molecular flexibility index (Phi) is 8.65. The van der Waals surface area contributed by atoms with Gasteiger partial charge >= 0.3 is 5.97 Å². The smallest absolute Gasteiger partial charge is 0.326 e. The Hall–Kier alpha value is -4.18. The predicted molar refractivity (Wildman–Crippen MR) is 151 cm³/mol. The average molecular weight is 549 g/mol. The highest BCUT2D eigenvalue weighted by molar-refractivity contribution is 7.92. The third kappa shape index (κ3) is 6.46. The molecule has 0 spiro atoms. The number of amidine groups is 1. The number of aryl methyl sites for hydroxylation is 2. The Bertz CT molecular complexity index is 1460. The lowest BCUT2D eigenvalue weighted by molar-refractivity contribution is -0.141. The summed E-state index contributed by atoms with van der Waals surface area (Å²) in [6.45, 7) is 1.91. The summed E-state index contributed by atoms with van der Waals surface area (Å²) < 4.78 is 33.2. The van der Waals surface area contributed by atoms with Gasteiger partial charge in [0.15, 0.2) is 0 Å². The molecule has 204 valence electrons. The standard InChI is InChI=1S/C29H32N4O5S/c1-2-38-28(35)20-33(39(36,37)25-8-4-3-5-9-25)24-15-16-26-23(19-24)7-6-18-32(26)27(34)17-12-21-10-13-22(14-11-21)29(30)31/h3-5,8-11,13-16,19H,2,6-7,12,17-18,20H2,1H3,(H3,30,31). The minimum absolute atomic E-state index is 0.000640.